The SMILES string of the molecule is CCCCCCCCCCCCC(=O)O[C@@H]1C(COP2(=O)OCc3ccccc3O2)OC(n2ccc(N)nc2=O)C1(F)F. The van der Waals surface area contributed by atoms with Gasteiger partial charge in [-0.2, -0.15) is 13.8 Å². The van der Waals surface area contributed by atoms with Crippen LogP contribution in [0.5, 0.6) is 5.75 Å². The third kappa shape index (κ3) is 8.84. The number of nitrogen functional groups attached to an aromatic ring is 1. The number of esters is 1. The van der Waals surface area contributed by atoms with Crippen LogP contribution >= 0.6 is 7.82 Å². The van der Waals surface area contributed by atoms with Crippen LogP contribution in [0.3, 0.4) is 0 Å². The van der Waals surface area contributed by atoms with Crippen molar-refractivity contribution >= 4 is 19.6 Å². The van der Waals surface area contributed by atoms with Crippen molar-refractivity contribution in [1.29, 1.82) is 0 Å². The largest absolute Gasteiger partial charge is 0.530 e. The Morgan fingerprint density at radius 2 is 1.77 bits per heavy atom. The van der Waals surface area contributed by atoms with Crippen LogP contribution in [0.25, 0.3) is 0 Å². The number of alkyl halides is 2. The van der Waals surface area contributed by atoms with Gasteiger partial charge in [0.05, 0.1) is 13.2 Å². The second-order valence-corrected chi connectivity index (χ2v) is 12.4. The van der Waals surface area contributed by atoms with E-state index in [-0.39, 0.29) is 24.6 Å². The van der Waals surface area contributed by atoms with Crippen LogP contribution in [0, 0.1) is 0 Å². The van der Waals surface area contributed by atoms with Gasteiger partial charge < -0.3 is 19.7 Å². The van der Waals surface area contributed by atoms with Crippen molar-refractivity contribution < 1.29 is 41.2 Å². The molecule has 0 spiro atoms. The van der Waals surface area contributed by atoms with Gasteiger partial charge in [0.2, 0.25) is 6.23 Å². The molecule has 1 fully saturated rings. The number of para-hydroxylation sites is 1. The molecule has 4 rings (SSSR count). The maximum atomic E-state index is 15.7. The van der Waals surface area contributed by atoms with E-state index in [0.29, 0.717) is 16.6 Å². The fraction of sp³-hybridized carbons (Fsp3) is 0.621. The number of hydrogen-bond acceptors (Lipinski definition) is 10. The molecule has 3 heterocycles. The number of nitrogens with zero attached hydrogens (tertiary/aromatic N) is 2. The summed E-state index contributed by atoms with van der Waals surface area (Å²) in [6, 6.07) is 7.87. The second-order valence-electron chi connectivity index (χ2n) is 10.8. The number of rotatable bonds is 16. The van der Waals surface area contributed by atoms with Crippen molar-refractivity contribution in [3.63, 3.8) is 0 Å². The van der Waals surface area contributed by atoms with E-state index in [9.17, 15) is 14.2 Å². The highest BCUT2D eigenvalue weighted by Crippen LogP contribution is 2.55. The zero-order chi connectivity index (χ0) is 30.9. The Balaban J connectivity index is 1.37. The van der Waals surface area contributed by atoms with Gasteiger partial charge in [-0.1, -0.05) is 82.9 Å². The molecular weight excluding hydrogens is 587 g/mol. The molecule has 2 aliphatic heterocycles. The molecule has 0 radical (unpaired) electrons. The topological polar surface area (TPSA) is 141 Å². The molecule has 1 aromatic carbocycles. The van der Waals surface area contributed by atoms with Crippen LogP contribution in [0.15, 0.2) is 41.3 Å². The van der Waals surface area contributed by atoms with Gasteiger partial charge in [-0.3, -0.25) is 18.4 Å². The van der Waals surface area contributed by atoms with Gasteiger partial charge in [-0.05, 0) is 18.6 Å². The van der Waals surface area contributed by atoms with E-state index < -0.39 is 50.4 Å². The molecule has 14 heteroatoms. The first-order valence-electron chi connectivity index (χ1n) is 14.9. The number of aromatic nitrogens is 2. The number of fused-ring (bicyclic) bond motifs is 1. The highest BCUT2D eigenvalue weighted by Gasteiger charge is 2.63. The fourth-order valence-electron chi connectivity index (χ4n) is 5.05. The Hall–Kier alpha value is -2.86. The normalized spacial score (nSPS) is 24.3. The summed E-state index contributed by atoms with van der Waals surface area (Å²) in [5.41, 5.74) is 5.06. The molecule has 1 saturated heterocycles. The number of unbranched alkanes of at least 4 members (excludes halogenated alkanes) is 9. The Morgan fingerprint density at radius 1 is 1.09 bits per heavy atom. The van der Waals surface area contributed by atoms with E-state index >= 15 is 8.78 Å². The summed E-state index contributed by atoms with van der Waals surface area (Å²) in [4.78, 5) is 28.5. The molecule has 0 amide bonds. The lowest BCUT2D eigenvalue weighted by Gasteiger charge is -2.27. The number of nitrogens with two attached hydrogens (primary N) is 1. The van der Waals surface area contributed by atoms with Crippen LogP contribution in [0.2, 0.25) is 0 Å². The fourth-order valence-corrected chi connectivity index (χ4v) is 6.27. The van der Waals surface area contributed by atoms with Crippen molar-refractivity contribution in [1.82, 2.24) is 9.55 Å². The predicted octanol–water partition coefficient (Wildman–Crippen LogP) is 6.31. The molecule has 0 aliphatic carbocycles. The first-order chi connectivity index (χ1) is 20.6. The van der Waals surface area contributed by atoms with E-state index in [4.69, 9.17) is 28.8 Å². The van der Waals surface area contributed by atoms with E-state index in [2.05, 4.69) is 11.9 Å². The monoisotopic (exact) mass is 627 g/mol. The van der Waals surface area contributed by atoms with Gasteiger partial charge in [-0.25, -0.2) is 9.36 Å². The van der Waals surface area contributed by atoms with Gasteiger partial charge in [0.1, 0.15) is 17.7 Å². The molecule has 11 nitrogen and oxygen atoms in total. The molecule has 4 atom stereocenters. The Kier molecular flexibility index (Phi) is 11.7. The summed E-state index contributed by atoms with van der Waals surface area (Å²) in [6.07, 6.45) is 5.49. The molecule has 238 valence electrons. The first kappa shape index (κ1) is 33.0. The van der Waals surface area contributed by atoms with Crippen LogP contribution < -0.4 is 15.9 Å². The number of halogens is 2. The van der Waals surface area contributed by atoms with E-state index in [1.54, 1.807) is 24.3 Å². The van der Waals surface area contributed by atoms with Gasteiger partial charge in [0.15, 0.2) is 6.10 Å². The number of hydrogen-bond donors (Lipinski definition) is 1. The van der Waals surface area contributed by atoms with Crippen molar-refractivity contribution in [2.24, 2.45) is 0 Å². The molecule has 0 bridgehead atoms. The predicted molar refractivity (Wildman–Crippen MR) is 154 cm³/mol. The van der Waals surface area contributed by atoms with Gasteiger partial charge in [0.25, 0.3) is 0 Å². The number of benzene rings is 1. The third-order valence-electron chi connectivity index (χ3n) is 7.40. The summed E-state index contributed by atoms with van der Waals surface area (Å²) < 4.78 is 71.9. The molecule has 43 heavy (non-hydrogen) atoms. The van der Waals surface area contributed by atoms with Crippen molar-refractivity contribution in [2.75, 3.05) is 12.3 Å². The van der Waals surface area contributed by atoms with Crippen LogP contribution in [0.1, 0.15) is 89.3 Å². The average Bonchev–Trinajstić information content (AvgIpc) is 3.21. The summed E-state index contributed by atoms with van der Waals surface area (Å²) in [6.45, 7) is 1.36. The summed E-state index contributed by atoms with van der Waals surface area (Å²) in [5, 5.41) is 0. The van der Waals surface area contributed by atoms with Crippen molar-refractivity contribution in [3.05, 3.63) is 52.6 Å². The minimum Gasteiger partial charge on any atom is -0.453 e. The Morgan fingerprint density at radius 3 is 2.47 bits per heavy atom. The molecule has 2 aliphatic rings. The lowest BCUT2D eigenvalue weighted by atomic mass is 10.1. The molecule has 1 aromatic heterocycles. The highest BCUT2D eigenvalue weighted by atomic mass is 31.2. The average molecular weight is 628 g/mol. The Labute approximate surface area is 249 Å². The lowest BCUT2D eigenvalue weighted by Crippen LogP contribution is -2.44. The molecule has 3 unspecified atom stereocenters. The number of carbonyl (C=O) groups excluding carboxylic acids is 1. The van der Waals surface area contributed by atoms with Crippen LogP contribution in [0.4, 0.5) is 14.6 Å². The number of phosphoric acid groups is 1. The second kappa shape index (κ2) is 15.2. The maximum absolute atomic E-state index is 15.7. The van der Waals surface area contributed by atoms with Crippen LogP contribution in [-0.2, 0) is 34.5 Å². The van der Waals surface area contributed by atoms with Gasteiger partial charge in [-0.15, -0.1) is 0 Å². The smallest absolute Gasteiger partial charge is 0.453 e. The zero-order valence-corrected chi connectivity index (χ0v) is 25.2. The first-order valence-corrected chi connectivity index (χ1v) is 16.3. The number of ether oxygens (including phenoxy) is 2. The quantitative estimate of drug-likeness (QED) is 0.128. The van der Waals surface area contributed by atoms with Crippen LogP contribution in [-0.4, -0.2) is 40.3 Å². The summed E-state index contributed by atoms with van der Waals surface area (Å²) in [7, 11) is -4.21. The summed E-state index contributed by atoms with van der Waals surface area (Å²) >= 11 is 0. The standard InChI is InChI=1S/C29H40F2N3O8P/c1-2-3-4-5-6-7-8-9-10-11-16-25(35)41-26-23(20-39-43(37)38-19-21-14-12-13-15-22(21)42-43)40-27(29(26,30)31)34-18-17-24(32)33-28(34)36/h12-15,17-18,23,26-27H,2-11,16,19-20H2,1H3,(H2,32,33,36)/t23?,26-,27?,43?/m1/s1. The van der Waals surface area contributed by atoms with E-state index in [1.807, 2.05) is 0 Å². The van der Waals surface area contributed by atoms with Gasteiger partial charge in [0, 0.05) is 18.2 Å². The molecule has 2 aromatic rings. The number of phosphoric ester groups is 1. The van der Waals surface area contributed by atoms with E-state index in [0.717, 1.165) is 37.9 Å². The number of carbonyl (C=O) groups is 1. The molecule has 2 N–H and O–H groups in total. The van der Waals surface area contributed by atoms with Crippen molar-refractivity contribution in [3.8, 4) is 5.75 Å². The molecule has 0 saturated carbocycles. The lowest BCUT2D eigenvalue weighted by molar-refractivity contribution is -0.176. The molecular formula is C29H40F2N3O8P. The number of anilines is 1. The van der Waals surface area contributed by atoms with Crippen molar-refractivity contribution in [2.45, 2.75) is 109 Å². The maximum Gasteiger partial charge on any atom is 0.530 e. The minimum atomic E-state index is -4.21. The zero-order valence-electron chi connectivity index (χ0n) is 24.3. The highest BCUT2D eigenvalue weighted by molar-refractivity contribution is 7.49. The minimum absolute atomic E-state index is 0.0633. The van der Waals surface area contributed by atoms with Gasteiger partial charge >= 0.3 is 25.4 Å². The van der Waals surface area contributed by atoms with E-state index in [1.165, 1.54) is 32.1 Å². The Bertz CT molecular complexity index is 1330. The summed E-state index contributed by atoms with van der Waals surface area (Å²) in [5.74, 6) is -4.61. The third-order valence-corrected chi connectivity index (χ3v) is 8.74.